The Kier molecular flexibility index (Phi) is 4.14. The predicted octanol–water partition coefficient (Wildman–Crippen LogP) is 3.92. The van der Waals surface area contributed by atoms with Gasteiger partial charge in [0, 0.05) is 22.8 Å². The molecule has 0 aliphatic carbocycles. The maximum atomic E-state index is 13.1. The molecule has 0 fully saturated rings. The molecule has 0 amide bonds. The van der Waals surface area contributed by atoms with Crippen LogP contribution in [0.3, 0.4) is 0 Å². The van der Waals surface area contributed by atoms with Crippen LogP contribution in [0.1, 0.15) is 24.2 Å². The molecule has 2 aromatic rings. The lowest BCUT2D eigenvalue weighted by Gasteiger charge is -2.04. The summed E-state index contributed by atoms with van der Waals surface area (Å²) in [5, 5.41) is 4.41. The van der Waals surface area contributed by atoms with E-state index in [2.05, 4.69) is 34.9 Å². The van der Waals surface area contributed by atoms with E-state index in [0.29, 0.717) is 27.2 Å². The smallest absolute Gasteiger partial charge is 0.153 e. The molecule has 0 aliphatic heterocycles. The summed E-state index contributed by atoms with van der Waals surface area (Å²) in [5.74, 6) is 0.105. The molecular formula is C14H14BrFN2O. The van der Waals surface area contributed by atoms with Crippen LogP contribution in [-0.2, 0) is 6.54 Å². The van der Waals surface area contributed by atoms with Gasteiger partial charge in [-0.3, -0.25) is 9.48 Å². The minimum absolute atomic E-state index is 0.329. The highest BCUT2D eigenvalue weighted by Gasteiger charge is 2.14. The van der Waals surface area contributed by atoms with Crippen molar-refractivity contribution in [2.24, 2.45) is 5.92 Å². The van der Waals surface area contributed by atoms with E-state index in [-0.39, 0.29) is 5.82 Å². The van der Waals surface area contributed by atoms with Gasteiger partial charge in [-0.05, 0) is 40.0 Å². The fourth-order valence-electron chi connectivity index (χ4n) is 1.88. The maximum Gasteiger partial charge on any atom is 0.153 e. The minimum atomic E-state index is -0.329. The second-order valence-corrected chi connectivity index (χ2v) is 5.65. The summed E-state index contributed by atoms with van der Waals surface area (Å²) in [7, 11) is 0. The molecule has 1 heterocycles. The topological polar surface area (TPSA) is 34.9 Å². The number of hydrogen-bond acceptors (Lipinski definition) is 2. The summed E-state index contributed by atoms with van der Waals surface area (Å²) in [6, 6.07) is 4.34. The Labute approximate surface area is 119 Å². The number of rotatable bonds is 4. The zero-order chi connectivity index (χ0) is 14.0. The first-order valence-corrected chi connectivity index (χ1v) is 6.78. The van der Waals surface area contributed by atoms with Gasteiger partial charge in [-0.15, -0.1) is 0 Å². The van der Waals surface area contributed by atoms with Crippen LogP contribution in [0, 0.1) is 11.7 Å². The van der Waals surface area contributed by atoms with Crippen LogP contribution >= 0.6 is 15.9 Å². The molecule has 0 atom stereocenters. The van der Waals surface area contributed by atoms with Crippen molar-refractivity contribution in [3.63, 3.8) is 0 Å². The number of nitrogens with zero attached hydrogens (tertiary/aromatic N) is 2. The highest BCUT2D eigenvalue weighted by molar-refractivity contribution is 9.10. The lowest BCUT2D eigenvalue weighted by Crippen LogP contribution is -2.04. The summed E-state index contributed by atoms with van der Waals surface area (Å²) < 4.78 is 15.4. The van der Waals surface area contributed by atoms with Crippen LogP contribution in [-0.4, -0.2) is 16.1 Å². The van der Waals surface area contributed by atoms with E-state index in [1.54, 1.807) is 16.9 Å². The largest absolute Gasteiger partial charge is 0.298 e. The third-order valence-corrected chi connectivity index (χ3v) is 3.31. The first kappa shape index (κ1) is 13.9. The van der Waals surface area contributed by atoms with Crippen molar-refractivity contribution in [1.82, 2.24) is 9.78 Å². The molecular weight excluding hydrogens is 311 g/mol. The second kappa shape index (κ2) is 5.65. The van der Waals surface area contributed by atoms with Gasteiger partial charge in [-0.25, -0.2) is 4.39 Å². The van der Waals surface area contributed by atoms with E-state index in [9.17, 15) is 9.18 Å². The zero-order valence-corrected chi connectivity index (χ0v) is 12.3. The van der Waals surface area contributed by atoms with E-state index in [0.717, 1.165) is 12.8 Å². The Bertz CT molecular complexity index is 607. The highest BCUT2D eigenvalue weighted by Crippen LogP contribution is 2.29. The molecule has 100 valence electrons. The molecule has 0 radical (unpaired) electrons. The van der Waals surface area contributed by atoms with Crippen LogP contribution in [0.5, 0.6) is 0 Å². The van der Waals surface area contributed by atoms with Crippen molar-refractivity contribution < 1.29 is 9.18 Å². The number of aldehydes is 1. The Hall–Kier alpha value is -1.49. The normalized spacial score (nSPS) is 11.0. The minimum Gasteiger partial charge on any atom is -0.298 e. The lowest BCUT2D eigenvalue weighted by atomic mass is 10.1. The van der Waals surface area contributed by atoms with Crippen molar-refractivity contribution in [1.29, 1.82) is 0 Å². The molecule has 3 nitrogen and oxygen atoms in total. The number of halogens is 2. The molecule has 0 aliphatic rings. The number of benzene rings is 1. The summed E-state index contributed by atoms with van der Waals surface area (Å²) >= 11 is 3.30. The van der Waals surface area contributed by atoms with Crippen LogP contribution in [0.2, 0.25) is 0 Å². The number of aromatic nitrogens is 2. The summed E-state index contributed by atoms with van der Waals surface area (Å²) in [6.45, 7) is 4.89. The molecule has 5 heteroatoms. The number of hydrogen-bond donors (Lipinski definition) is 0. The van der Waals surface area contributed by atoms with Gasteiger partial charge >= 0.3 is 0 Å². The first-order chi connectivity index (χ1) is 9.01. The SMILES string of the molecule is CC(C)Cn1cc(C=O)c(-c2ccc(F)cc2Br)n1. The molecule has 0 unspecified atom stereocenters. The van der Waals surface area contributed by atoms with Gasteiger partial charge in [0.15, 0.2) is 6.29 Å². The molecule has 0 N–H and O–H groups in total. The van der Waals surface area contributed by atoms with Gasteiger partial charge in [-0.2, -0.15) is 5.10 Å². The highest BCUT2D eigenvalue weighted by atomic mass is 79.9. The van der Waals surface area contributed by atoms with E-state index >= 15 is 0 Å². The Balaban J connectivity index is 2.48. The molecule has 0 spiro atoms. The third-order valence-electron chi connectivity index (χ3n) is 2.66. The number of carbonyl (C=O) groups excluding carboxylic acids is 1. The molecule has 1 aromatic heterocycles. The van der Waals surface area contributed by atoms with Gasteiger partial charge in [0.2, 0.25) is 0 Å². The van der Waals surface area contributed by atoms with Crippen LogP contribution in [0.15, 0.2) is 28.9 Å². The third kappa shape index (κ3) is 3.10. The Morgan fingerprint density at radius 1 is 1.47 bits per heavy atom. The maximum absolute atomic E-state index is 13.1. The van der Waals surface area contributed by atoms with Crippen LogP contribution < -0.4 is 0 Å². The van der Waals surface area contributed by atoms with Crippen LogP contribution in [0.25, 0.3) is 11.3 Å². The van der Waals surface area contributed by atoms with Crippen molar-refractivity contribution in [2.45, 2.75) is 20.4 Å². The van der Waals surface area contributed by atoms with Crippen molar-refractivity contribution >= 4 is 22.2 Å². The van der Waals surface area contributed by atoms with Crippen LogP contribution in [0.4, 0.5) is 4.39 Å². The Morgan fingerprint density at radius 3 is 2.79 bits per heavy atom. The van der Waals surface area contributed by atoms with E-state index in [1.165, 1.54) is 12.1 Å². The van der Waals surface area contributed by atoms with Gasteiger partial charge in [0.25, 0.3) is 0 Å². The summed E-state index contributed by atoms with van der Waals surface area (Å²) in [5.41, 5.74) is 1.79. The summed E-state index contributed by atoms with van der Waals surface area (Å²) in [6.07, 6.45) is 2.49. The summed E-state index contributed by atoms with van der Waals surface area (Å²) in [4.78, 5) is 11.1. The molecule has 19 heavy (non-hydrogen) atoms. The fourth-order valence-corrected chi connectivity index (χ4v) is 2.42. The van der Waals surface area contributed by atoms with Gasteiger partial charge < -0.3 is 0 Å². The standard InChI is InChI=1S/C14H14BrFN2O/c1-9(2)6-18-7-10(8-19)14(17-18)12-4-3-11(16)5-13(12)15/h3-5,7-9H,6H2,1-2H3. The predicted molar refractivity (Wildman–Crippen MR) is 75.5 cm³/mol. The van der Waals surface area contributed by atoms with Gasteiger partial charge in [-0.1, -0.05) is 13.8 Å². The molecule has 2 rings (SSSR count). The van der Waals surface area contributed by atoms with Crippen molar-refractivity contribution in [3.05, 3.63) is 40.2 Å². The fraction of sp³-hybridized carbons (Fsp3) is 0.286. The van der Waals surface area contributed by atoms with Gasteiger partial charge in [0.05, 0.1) is 5.56 Å². The van der Waals surface area contributed by atoms with E-state index < -0.39 is 0 Å². The van der Waals surface area contributed by atoms with Crippen molar-refractivity contribution in [3.8, 4) is 11.3 Å². The molecule has 1 aromatic carbocycles. The van der Waals surface area contributed by atoms with Crippen molar-refractivity contribution in [2.75, 3.05) is 0 Å². The lowest BCUT2D eigenvalue weighted by molar-refractivity contribution is 0.112. The van der Waals surface area contributed by atoms with Gasteiger partial charge in [0.1, 0.15) is 11.5 Å². The monoisotopic (exact) mass is 324 g/mol. The second-order valence-electron chi connectivity index (χ2n) is 4.79. The van der Waals surface area contributed by atoms with E-state index in [4.69, 9.17) is 0 Å². The Morgan fingerprint density at radius 2 is 2.21 bits per heavy atom. The average Bonchev–Trinajstić information content (AvgIpc) is 2.71. The molecule has 0 saturated carbocycles. The average molecular weight is 325 g/mol. The van der Waals surface area contributed by atoms with E-state index in [1.807, 2.05) is 0 Å². The first-order valence-electron chi connectivity index (χ1n) is 5.99. The zero-order valence-electron chi connectivity index (χ0n) is 10.7. The molecule has 0 saturated heterocycles. The molecule has 0 bridgehead atoms. The quantitative estimate of drug-likeness (QED) is 0.799. The number of carbonyl (C=O) groups is 1.